The van der Waals surface area contributed by atoms with Crippen molar-refractivity contribution in [3.8, 4) is 0 Å². The zero-order valence-corrected chi connectivity index (χ0v) is 9.17. The lowest BCUT2D eigenvalue weighted by atomic mass is 10.7. The Labute approximate surface area is 88.3 Å². The van der Waals surface area contributed by atoms with Crippen molar-refractivity contribution in [2.75, 3.05) is 33.4 Å². The highest BCUT2D eigenvalue weighted by molar-refractivity contribution is 7.88. The van der Waals surface area contributed by atoms with Crippen LogP contribution in [0, 0.1) is 0 Å². The van der Waals surface area contributed by atoms with Crippen molar-refractivity contribution >= 4 is 16.3 Å². The average molecular weight is 241 g/mol. The van der Waals surface area contributed by atoms with Gasteiger partial charge in [0.15, 0.2) is 0 Å². The molecule has 0 saturated carbocycles. The van der Waals surface area contributed by atoms with Gasteiger partial charge < -0.3 is 15.2 Å². The predicted octanol–water partition coefficient (Wildman–Crippen LogP) is -1.85. The van der Waals surface area contributed by atoms with Crippen molar-refractivity contribution in [2.45, 2.75) is 0 Å². The van der Waals surface area contributed by atoms with E-state index < -0.39 is 16.3 Å². The van der Waals surface area contributed by atoms with Crippen LogP contribution in [0.2, 0.25) is 0 Å². The van der Waals surface area contributed by atoms with Crippen LogP contribution in [0.15, 0.2) is 0 Å². The highest BCUT2D eigenvalue weighted by Gasteiger charge is 2.12. The number of carbonyl (C=O) groups is 1. The fourth-order valence-corrected chi connectivity index (χ4v) is 1.35. The third kappa shape index (κ3) is 8.12. The zero-order chi connectivity index (χ0) is 11.7. The summed E-state index contributed by atoms with van der Waals surface area (Å²) in [5, 5.41) is 0. The van der Waals surface area contributed by atoms with Gasteiger partial charge in [0.2, 0.25) is 0 Å². The number of carbonyl (C=O) groups excluding carboxylic acids is 1. The normalized spacial score (nSPS) is 11.1. The number of methoxy groups -OCH3 is 1. The Kier molecular flexibility index (Phi) is 6.96. The van der Waals surface area contributed by atoms with E-state index in [1.165, 1.54) is 0 Å². The van der Waals surface area contributed by atoms with Crippen LogP contribution >= 0.6 is 0 Å². The van der Waals surface area contributed by atoms with Gasteiger partial charge in [-0.3, -0.25) is 0 Å². The summed E-state index contributed by atoms with van der Waals surface area (Å²) in [5.41, 5.74) is 5.14. The van der Waals surface area contributed by atoms with Crippen molar-refractivity contribution in [3.63, 3.8) is 0 Å². The Hall–Kier alpha value is -0.900. The fraction of sp³-hybridized carbons (Fsp3) is 0.833. The summed E-state index contributed by atoms with van der Waals surface area (Å²) in [4.78, 5) is 10.6. The Morgan fingerprint density at radius 1 is 1.40 bits per heavy atom. The molecular formula is C6H15N3O5S. The largest absolute Gasteiger partial charge is 0.452 e. The molecule has 0 radical (unpaired) electrons. The van der Waals surface area contributed by atoms with Crippen LogP contribution < -0.4 is 15.2 Å². The van der Waals surface area contributed by atoms with Gasteiger partial charge in [0.25, 0.3) is 0 Å². The van der Waals surface area contributed by atoms with Gasteiger partial charge in [-0.05, 0) is 0 Å². The van der Waals surface area contributed by atoms with E-state index in [4.69, 9.17) is 10.5 Å². The molecule has 1 amide bonds. The first-order valence-corrected chi connectivity index (χ1v) is 5.63. The van der Waals surface area contributed by atoms with Crippen molar-refractivity contribution in [1.82, 2.24) is 9.44 Å². The molecule has 9 heteroatoms. The van der Waals surface area contributed by atoms with Gasteiger partial charge in [-0.15, -0.1) is 0 Å². The minimum absolute atomic E-state index is 0.0479. The maximum Gasteiger partial charge on any atom is 0.421 e. The van der Waals surface area contributed by atoms with Gasteiger partial charge in [0.1, 0.15) is 0 Å². The second kappa shape index (κ2) is 7.40. The molecule has 0 aromatic heterocycles. The first kappa shape index (κ1) is 14.1. The summed E-state index contributed by atoms with van der Waals surface area (Å²) in [6, 6.07) is 0. The van der Waals surface area contributed by atoms with E-state index >= 15 is 0 Å². The Bertz CT molecular complexity index is 278. The molecule has 0 bridgehead atoms. The first-order chi connectivity index (χ1) is 7.02. The number of rotatable bonds is 7. The summed E-state index contributed by atoms with van der Waals surface area (Å²) in [7, 11) is -2.80. The summed E-state index contributed by atoms with van der Waals surface area (Å²) < 4.78 is 34.8. The van der Waals surface area contributed by atoms with E-state index in [1.54, 1.807) is 4.72 Å². The van der Waals surface area contributed by atoms with E-state index in [9.17, 15) is 13.2 Å². The minimum Gasteiger partial charge on any atom is -0.452 e. The number of hydrogen-bond donors (Lipinski definition) is 3. The molecule has 0 aliphatic heterocycles. The molecule has 4 N–H and O–H groups in total. The first-order valence-electron chi connectivity index (χ1n) is 4.15. The molecule has 0 unspecified atom stereocenters. The summed E-state index contributed by atoms with van der Waals surface area (Å²) in [5.74, 6) is 0. The zero-order valence-electron chi connectivity index (χ0n) is 8.36. The number of amides is 1. The smallest absolute Gasteiger partial charge is 0.421 e. The van der Waals surface area contributed by atoms with Crippen LogP contribution in [0.25, 0.3) is 0 Å². The second-order valence-electron chi connectivity index (χ2n) is 2.39. The van der Waals surface area contributed by atoms with E-state index in [-0.39, 0.29) is 13.2 Å². The molecule has 0 heterocycles. The number of nitrogens with two attached hydrogens (primary N) is 1. The molecule has 15 heavy (non-hydrogen) atoms. The predicted molar refractivity (Wildman–Crippen MR) is 52.3 cm³/mol. The second-order valence-corrected chi connectivity index (χ2v) is 3.89. The van der Waals surface area contributed by atoms with Gasteiger partial charge in [-0.2, -0.15) is 13.1 Å². The topological polar surface area (TPSA) is 120 Å². The molecule has 0 aromatic rings. The van der Waals surface area contributed by atoms with Gasteiger partial charge in [0, 0.05) is 13.1 Å². The van der Waals surface area contributed by atoms with Crippen molar-refractivity contribution in [3.05, 3.63) is 0 Å². The quantitative estimate of drug-likeness (QED) is 0.450. The van der Waals surface area contributed by atoms with Gasteiger partial charge >= 0.3 is 16.3 Å². The van der Waals surface area contributed by atoms with Crippen LogP contribution in [0.4, 0.5) is 4.79 Å². The Balaban J connectivity index is 3.70. The van der Waals surface area contributed by atoms with E-state index in [2.05, 4.69) is 9.46 Å². The third-order valence-corrected chi connectivity index (χ3v) is 2.22. The maximum absolute atomic E-state index is 11.0. The molecule has 0 aliphatic rings. The molecule has 8 nitrogen and oxygen atoms in total. The van der Waals surface area contributed by atoms with Crippen LogP contribution in [0.3, 0.4) is 0 Å². The highest BCUT2D eigenvalue weighted by Crippen LogP contribution is 1.80. The van der Waals surface area contributed by atoms with Crippen LogP contribution in [0.1, 0.15) is 0 Å². The molecule has 0 atom stereocenters. The average Bonchev–Trinajstić information content (AvgIpc) is 2.16. The van der Waals surface area contributed by atoms with E-state index in [0.717, 1.165) is 7.11 Å². The van der Waals surface area contributed by atoms with Crippen molar-refractivity contribution in [2.24, 2.45) is 5.73 Å². The monoisotopic (exact) mass is 241 g/mol. The molecule has 0 saturated heterocycles. The summed E-state index contributed by atoms with van der Waals surface area (Å²) in [6.45, 7) is 0.949. The van der Waals surface area contributed by atoms with E-state index in [1.807, 2.05) is 0 Å². The molecule has 0 aromatic carbocycles. The highest BCUT2D eigenvalue weighted by atomic mass is 32.2. The van der Waals surface area contributed by atoms with E-state index in [0.29, 0.717) is 13.2 Å². The molecule has 0 spiro atoms. The number of hydrogen-bond acceptors (Lipinski definition) is 6. The summed E-state index contributed by atoms with van der Waals surface area (Å²) in [6.07, 6.45) is -1.05. The molecule has 90 valence electrons. The van der Waals surface area contributed by atoms with Crippen molar-refractivity contribution in [1.29, 1.82) is 0 Å². The minimum atomic E-state index is -3.87. The van der Waals surface area contributed by atoms with Gasteiger partial charge in [0.05, 0.1) is 20.3 Å². The standard InChI is InChI=1S/C6H15N3O5S/c1-13-6(10)9-15(11,12)8-3-5-14-4-2-7/h8H,2-5,7H2,1H3,(H,9,10). The van der Waals surface area contributed by atoms with Gasteiger partial charge in [-0.25, -0.2) is 9.52 Å². The van der Waals surface area contributed by atoms with Crippen LogP contribution in [-0.2, 0) is 19.7 Å². The summed E-state index contributed by atoms with van der Waals surface area (Å²) >= 11 is 0. The number of nitrogens with one attached hydrogen (secondary N) is 2. The van der Waals surface area contributed by atoms with Crippen molar-refractivity contribution < 1.29 is 22.7 Å². The lowest BCUT2D eigenvalue weighted by Gasteiger charge is -2.07. The maximum atomic E-state index is 11.0. The Morgan fingerprint density at radius 3 is 2.60 bits per heavy atom. The van der Waals surface area contributed by atoms with Crippen LogP contribution in [0.5, 0.6) is 0 Å². The molecule has 0 rings (SSSR count). The SMILES string of the molecule is COC(=O)NS(=O)(=O)NCCOCCN. The Morgan fingerprint density at radius 2 is 2.07 bits per heavy atom. The van der Waals surface area contributed by atoms with Crippen LogP contribution in [-0.4, -0.2) is 47.9 Å². The molecular weight excluding hydrogens is 226 g/mol. The number of ether oxygens (including phenoxy) is 2. The fourth-order valence-electron chi connectivity index (χ4n) is 0.621. The molecule has 0 aliphatic carbocycles. The lowest BCUT2D eigenvalue weighted by Crippen LogP contribution is -2.41. The third-order valence-electron chi connectivity index (χ3n) is 1.20. The van der Waals surface area contributed by atoms with Gasteiger partial charge in [-0.1, -0.05) is 0 Å². The molecule has 0 fully saturated rings. The lowest BCUT2D eigenvalue weighted by molar-refractivity contribution is 0.146.